The Hall–Kier alpha value is -0.530. The monoisotopic (exact) mass is 252 g/mol. The summed E-state index contributed by atoms with van der Waals surface area (Å²) in [6.07, 6.45) is 6.21. The third-order valence-electron chi connectivity index (χ3n) is 4.12. The van der Waals surface area contributed by atoms with Crippen molar-refractivity contribution in [2.45, 2.75) is 51.0 Å². The predicted octanol–water partition coefficient (Wildman–Crippen LogP) is 4.21. The van der Waals surface area contributed by atoms with Crippen LogP contribution >= 0.6 is 11.6 Å². The van der Waals surface area contributed by atoms with E-state index in [0.717, 1.165) is 36.3 Å². The summed E-state index contributed by atoms with van der Waals surface area (Å²) in [6, 6.07) is 7.87. The second kappa shape index (κ2) is 5.41. The summed E-state index contributed by atoms with van der Waals surface area (Å²) >= 11 is 6.19. The fraction of sp³-hybridized carbons (Fsp3) is 0.600. The van der Waals surface area contributed by atoms with Crippen LogP contribution < -0.4 is 0 Å². The minimum atomic E-state index is -0.544. The zero-order chi connectivity index (χ0) is 12.3. The van der Waals surface area contributed by atoms with Gasteiger partial charge in [-0.3, -0.25) is 0 Å². The molecule has 2 heteroatoms. The maximum absolute atomic E-state index is 10.9. The smallest absolute Gasteiger partial charge is 0.0716 e. The second-order valence-electron chi connectivity index (χ2n) is 5.22. The van der Waals surface area contributed by atoms with Gasteiger partial charge in [-0.1, -0.05) is 56.0 Å². The Kier molecular flexibility index (Phi) is 4.11. The molecule has 0 amide bonds. The molecular formula is C15H21ClO. The van der Waals surface area contributed by atoms with E-state index in [-0.39, 0.29) is 0 Å². The fourth-order valence-electron chi connectivity index (χ4n) is 3.08. The Balaban J connectivity index is 2.18. The highest BCUT2D eigenvalue weighted by atomic mass is 35.5. The number of hydrogen-bond donors (Lipinski definition) is 1. The number of halogens is 1. The van der Waals surface area contributed by atoms with Crippen molar-refractivity contribution in [2.75, 3.05) is 0 Å². The summed E-state index contributed by atoms with van der Waals surface area (Å²) in [5.41, 5.74) is 0.537. The lowest BCUT2D eigenvalue weighted by Crippen LogP contribution is -2.42. The van der Waals surface area contributed by atoms with Crippen molar-refractivity contribution < 1.29 is 5.11 Å². The Morgan fingerprint density at radius 2 is 2.12 bits per heavy atom. The zero-order valence-corrected chi connectivity index (χ0v) is 11.2. The summed E-state index contributed by atoms with van der Waals surface area (Å²) in [6.45, 7) is 2.17. The van der Waals surface area contributed by atoms with Crippen LogP contribution in [0, 0.1) is 5.92 Å². The molecule has 1 nitrogen and oxygen atoms in total. The Morgan fingerprint density at radius 3 is 2.82 bits per heavy atom. The first kappa shape index (κ1) is 12.9. The van der Waals surface area contributed by atoms with E-state index >= 15 is 0 Å². The molecule has 1 aliphatic carbocycles. The lowest BCUT2D eigenvalue weighted by atomic mass is 9.71. The topological polar surface area (TPSA) is 20.2 Å². The van der Waals surface area contributed by atoms with E-state index in [4.69, 9.17) is 11.6 Å². The van der Waals surface area contributed by atoms with Crippen LogP contribution in [-0.4, -0.2) is 10.7 Å². The van der Waals surface area contributed by atoms with Gasteiger partial charge in [0.1, 0.15) is 0 Å². The molecule has 1 aromatic carbocycles. The Morgan fingerprint density at radius 1 is 1.35 bits per heavy atom. The van der Waals surface area contributed by atoms with Crippen molar-refractivity contribution >= 4 is 11.6 Å². The molecule has 0 heterocycles. The average Bonchev–Trinajstić information content (AvgIpc) is 2.32. The lowest BCUT2D eigenvalue weighted by molar-refractivity contribution is -0.0491. The number of benzene rings is 1. The molecule has 0 aromatic heterocycles. The van der Waals surface area contributed by atoms with Gasteiger partial charge in [0.05, 0.1) is 5.60 Å². The minimum Gasteiger partial charge on any atom is -0.389 e. The maximum Gasteiger partial charge on any atom is 0.0716 e. The maximum atomic E-state index is 10.9. The summed E-state index contributed by atoms with van der Waals surface area (Å²) in [4.78, 5) is 0. The van der Waals surface area contributed by atoms with Gasteiger partial charge < -0.3 is 5.11 Å². The highest BCUT2D eigenvalue weighted by Gasteiger charge is 2.37. The normalized spacial score (nSPS) is 29.2. The van der Waals surface area contributed by atoms with Crippen LogP contribution in [-0.2, 0) is 6.42 Å². The van der Waals surface area contributed by atoms with E-state index in [1.54, 1.807) is 0 Å². The third kappa shape index (κ3) is 2.83. The van der Waals surface area contributed by atoms with Crippen LogP contribution in [0.2, 0.25) is 5.02 Å². The molecule has 1 aromatic rings. The molecule has 0 bridgehead atoms. The number of aliphatic hydroxyl groups is 1. The molecular weight excluding hydrogens is 232 g/mol. The molecule has 94 valence electrons. The van der Waals surface area contributed by atoms with Crippen molar-refractivity contribution in [3.8, 4) is 0 Å². The van der Waals surface area contributed by atoms with Gasteiger partial charge in [0.2, 0.25) is 0 Å². The van der Waals surface area contributed by atoms with Gasteiger partial charge in [-0.05, 0) is 30.4 Å². The van der Waals surface area contributed by atoms with E-state index < -0.39 is 5.60 Å². The number of hydrogen-bond acceptors (Lipinski definition) is 1. The molecule has 0 saturated heterocycles. The first-order valence-electron chi connectivity index (χ1n) is 6.61. The van der Waals surface area contributed by atoms with Crippen molar-refractivity contribution in [3.63, 3.8) is 0 Å². The Labute approximate surface area is 109 Å². The van der Waals surface area contributed by atoms with Crippen LogP contribution in [0.1, 0.15) is 44.6 Å². The first-order chi connectivity index (χ1) is 8.15. The summed E-state index contributed by atoms with van der Waals surface area (Å²) in [5.74, 6) is 0.424. The van der Waals surface area contributed by atoms with Gasteiger partial charge in [-0.15, -0.1) is 0 Å². The Bertz CT molecular complexity index is 377. The van der Waals surface area contributed by atoms with Gasteiger partial charge in [-0.25, -0.2) is 0 Å². The second-order valence-corrected chi connectivity index (χ2v) is 5.63. The van der Waals surface area contributed by atoms with Gasteiger partial charge in [0.25, 0.3) is 0 Å². The quantitative estimate of drug-likeness (QED) is 0.854. The molecule has 17 heavy (non-hydrogen) atoms. The largest absolute Gasteiger partial charge is 0.389 e. The van der Waals surface area contributed by atoms with Crippen molar-refractivity contribution in [2.24, 2.45) is 5.92 Å². The predicted molar refractivity (Wildman–Crippen MR) is 72.4 cm³/mol. The van der Waals surface area contributed by atoms with Crippen molar-refractivity contribution in [1.29, 1.82) is 0 Å². The molecule has 0 radical (unpaired) electrons. The van der Waals surface area contributed by atoms with Crippen LogP contribution in [0.3, 0.4) is 0 Å². The lowest BCUT2D eigenvalue weighted by Gasteiger charge is -2.40. The van der Waals surface area contributed by atoms with Crippen molar-refractivity contribution in [3.05, 3.63) is 34.9 Å². The molecule has 1 saturated carbocycles. The molecule has 1 aliphatic rings. The van der Waals surface area contributed by atoms with Crippen LogP contribution in [0.25, 0.3) is 0 Å². The summed E-state index contributed by atoms with van der Waals surface area (Å²) in [5, 5.41) is 11.6. The van der Waals surface area contributed by atoms with Gasteiger partial charge in [0.15, 0.2) is 0 Å². The standard InChI is InChI=1S/C15H21ClO/c1-2-13-8-5-6-10-15(13,17)11-12-7-3-4-9-14(12)16/h3-4,7,9,13,17H,2,5-6,8,10-11H2,1H3. The highest BCUT2D eigenvalue weighted by molar-refractivity contribution is 6.31. The van der Waals surface area contributed by atoms with Gasteiger partial charge >= 0.3 is 0 Å². The molecule has 2 rings (SSSR count). The van der Waals surface area contributed by atoms with Crippen LogP contribution in [0.4, 0.5) is 0 Å². The first-order valence-corrected chi connectivity index (χ1v) is 6.99. The average molecular weight is 253 g/mol. The van der Waals surface area contributed by atoms with E-state index in [0.29, 0.717) is 12.3 Å². The van der Waals surface area contributed by atoms with Crippen LogP contribution in [0.5, 0.6) is 0 Å². The zero-order valence-electron chi connectivity index (χ0n) is 10.5. The summed E-state index contributed by atoms with van der Waals surface area (Å²) in [7, 11) is 0. The van der Waals surface area contributed by atoms with Crippen LogP contribution in [0.15, 0.2) is 24.3 Å². The molecule has 2 unspecified atom stereocenters. The molecule has 0 spiro atoms. The van der Waals surface area contributed by atoms with E-state index in [1.807, 2.05) is 24.3 Å². The molecule has 0 aliphatic heterocycles. The van der Waals surface area contributed by atoms with E-state index in [1.165, 1.54) is 6.42 Å². The molecule has 1 fully saturated rings. The van der Waals surface area contributed by atoms with E-state index in [2.05, 4.69) is 6.92 Å². The van der Waals surface area contributed by atoms with Gasteiger partial charge in [-0.2, -0.15) is 0 Å². The fourth-order valence-corrected chi connectivity index (χ4v) is 3.29. The minimum absolute atomic E-state index is 0.424. The highest BCUT2D eigenvalue weighted by Crippen LogP contribution is 2.39. The molecule has 1 N–H and O–H groups in total. The summed E-state index contributed by atoms with van der Waals surface area (Å²) < 4.78 is 0. The molecule has 2 atom stereocenters. The number of rotatable bonds is 3. The van der Waals surface area contributed by atoms with Crippen molar-refractivity contribution in [1.82, 2.24) is 0 Å². The SMILES string of the molecule is CCC1CCCCC1(O)Cc1ccccc1Cl. The van der Waals surface area contributed by atoms with E-state index in [9.17, 15) is 5.11 Å². The third-order valence-corrected chi connectivity index (χ3v) is 4.49. The van der Waals surface area contributed by atoms with Gasteiger partial charge in [0, 0.05) is 11.4 Å².